The van der Waals surface area contributed by atoms with E-state index in [0.717, 1.165) is 38.2 Å². The van der Waals surface area contributed by atoms with Gasteiger partial charge in [0.25, 0.3) is 0 Å². The minimum atomic E-state index is -4.92. The van der Waals surface area contributed by atoms with Crippen molar-refractivity contribution < 1.29 is 64.3 Å². The zero-order valence-electron chi connectivity index (χ0n) is 9.17. The first kappa shape index (κ1) is 14.5. The first-order valence-electron chi connectivity index (χ1n) is 4.98. The van der Waals surface area contributed by atoms with Crippen molar-refractivity contribution in [1.82, 2.24) is 4.98 Å². The summed E-state index contributed by atoms with van der Waals surface area (Å²) in [6, 6.07) is 2.57. The Morgan fingerprint density at radius 3 is 2.19 bits per heavy atom. The van der Waals surface area contributed by atoms with Crippen LogP contribution in [0.4, 0.5) is 18.8 Å². The maximum atomic E-state index is 12.3. The molecule has 0 N–H and O–H groups in total. The summed E-state index contributed by atoms with van der Waals surface area (Å²) in [5.41, 5.74) is -0.627. The molecule has 1 saturated heterocycles. The molecule has 0 radical (unpaired) electrons. The van der Waals surface area contributed by atoms with Crippen LogP contribution in [0.25, 0.3) is 0 Å². The zero-order chi connectivity index (χ0) is 10.9. The molecule has 1 aliphatic rings. The predicted molar refractivity (Wildman–Crippen MR) is 54.4 cm³/mol. The molecule has 0 spiro atoms. The predicted octanol–water partition coefficient (Wildman–Crippen LogP) is -1.26. The SMILES string of the molecule is F[B-](F)(F)c1ccc(N2CCCC2)nc1.[K+]. The third-order valence-corrected chi connectivity index (χ3v) is 2.58. The Kier molecular flexibility index (Phi) is 5.31. The fraction of sp³-hybridized carbons (Fsp3) is 0.444. The normalized spacial score (nSPS) is 16.1. The van der Waals surface area contributed by atoms with Crippen molar-refractivity contribution in [1.29, 1.82) is 0 Å². The van der Waals surface area contributed by atoms with Gasteiger partial charge >= 0.3 is 58.4 Å². The van der Waals surface area contributed by atoms with E-state index in [1.165, 1.54) is 6.07 Å². The molecule has 2 nitrogen and oxygen atoms in total. The summed E-state index contributed by atoms with van der Waals surface area (Å²) in [6.07, 6.45) is 3.10. The van der Waals surface area contributed by atoms with E-state index in [9.17, 15) is 12.9 Å². The second kappa shape index (κ2) is 5.86. The minimum Gasteiger partial charge on any atom is -0.445 e. The standard InChI is InChI=1S/C9H11BF3N2.K/c11-10(12,13)8-3-4-9(14-7-8)15-5-1-2-6-15;/h3-4,7H,1-2,5-6H2;/q-1;+1. The van der Waals surface area contributed by atoms with Gasteiger partial charge in [-0.3, -0.25) is 0 Å². The van der Waals surface area contributed by atoms with E-state index in [1.54, 1.807) is 0 Å². The van der Waals surface area contributed by atoms with E-state index in [-0.39, 0.29) is 51.4 Å². The van der Waals surface area contributed by atoms with Gasteiger partial charge in [0.2, 0.25) is 0 Å². The van der Waals surface area contributed by atoms with Crippen molar-refractivity contribution in [3.63, 3.8) is 0 Å². The van der Waals surface area contributed by atoms with E-state index in [0.29, 0.717) is 5.82 Å². The average molecular weight is 254 g/mol. The number of anilines is 1. The number of hydrogen-bond donors (Lipinski definition) is 0. The van der Waals surface area contributed by atoms with Gasteiger partial charge in [-0.1, -0.05) is 11.5 Å². The van der Waals surface area contributed by atoms with Gasteiger partial charge in [0.1, 0.15) is 5.82 Å². The molecule has 7 heteroatoms. The molecule has 1 aromatic rings. The second-order valence-corrected chi connectivity index (χ2v) is 3.72. The Morgan fingerprint density at radius 2 is 1.75 bits per heavy atom. The van der Waals surface area contributed by atoms with E-state index in [2.05, 4.69) is 4.98 Å². The summed E-state index contributed by atoms with van der Waals surface area (Å²) < 4.78 is 36.9. The summed E-state index contributed by atoms with van der Waals surface area (Å²) in [5.74, 6) is 0.649. The molecular formula is C9H11BF3KN2. The Bertz CT molecular complexity index is 336. The van der Waals surface area contributed by atoms with E-state index >= 15 is 0 Å². The van der Waals surface area contributed by atoms with Crippen LogP contribution >= 0.6 is 0 Å². The number of rotatable bonds is 2. The molecule has 0 bridgehead atoms. The van der Waals surface area contributed by atoms with Crippen LogP contribution in [0.2, 0.25) is 0 Å². The maximum absolute atomic E-state index is 12.3. The first-order chi connectivity index (χ1) is 7.07. The fourth-order valence-corrected chi connectivity index (χ4v) is 1.72. The summed E-state index contributed by atoms with van der Waals surface area (Å²) >= 11 is 0. The smallest absolute Gasteiger partial charge is 0.445 e. The minimum absolute atomic E-state index is 0. The molecule has 1 fully saturated rings. The molecule has 0 unspecified atom stereocenters. The van der Waals surface area contributed by atoms with Gasteiger partial charge in [0.05, 0.1) is 0 Å². The van der Waals surface area contributed by atoms with Crippen molar-refractivity contribution >= 4 is 18.3 Å². The van der Waals surface area contributed by atoms with E-state index in [1.807, 2.05) is 4.90 Å². The molecule has 16 heavy (non-hydrogen) atoms. The van der Waals surface area contributed by atoms with Crippen LogP contribution in [0.5, 0.6) is 0 Å². The summed E-state index contributed by atoms with van der Waals surface area (Å²) in [5, 5.41) is 0. The molecule has 1 aromatic heterocycles. The summed E-state index contributed by atoms with van der Waals surface area (Å²) in [4.78, 5) is 5.86. The number of hydrogen-bond acceptors (Lipinski definition) is 2. The molecule has 2 rings (SSSR count). The van der Waals surface area contributed by atoms with Gasteiger partial charge in [-0.15, -0.1) is 0 Å². The monoisotopic (exact) mass is 254 g/mol. The topological polar surface area (TPSA) is 16.1 Å². The van der Waals surface area contributed by atoms with Crippen molar-refractivity contribution in [2.45, 2.75) is 12.8 Å². The van der Waals surface area contributed by atoms with Crippen LogP contribution in [0.1, 0.15) is 12.8 Å². The Hall–Kier alpha value is 0.441. The first-order valence-corrected chi connectivity index (χ1v) is 4.98. The number of aromatic nitrogens is 1. The largest absolute Gasteiger partial charge is 1.00 e. The van der Waals surface area contributed by atoms with E-state index in [4.69, 9.17) is 0 Å². The molecule has 82 valence electrons. The molecule has 2 heterocycles. The number of halogens is 3. The van der Waals surface area contributed by atoms with Crippen LogP contribution in [0.15, 0.2) is 18.3 Å². The van der Waals surface area contributed by atoms with Crippen molar-refractivity contribution in [2.24, 2.45) is 0 Å². The fourth-order valence-electron chi connectivity index (χ4n) is 1.72. The third kappa shape index (κ3) is 3.46. The number of nitrogens with zero attached hydrogens (tertiary/aromatic N) is 2. The average Bonchev–Trinajstić information content (AvgIpc) is 2.69. The van der Waals surface area contributed by atoms with Gasteiger partial charge < -0.3 is 17.8 Å². The van der Waals surface area contributed by atoms with Crippen LogP contribution in [-0.2, 0) is 0 Å². The Balaban J connectivity index is 0.00000128. The van der Waals surface area contributed by atoms with Gasteiger partial charge in [0.15, 0.2) is 0 Å². The Labute approximate surface area is 135 Å². The molecule has 0 atom stereocenters. The van der Waals surface area contributed by atoms with Crippen molar-refractivity contribution in [2.75, 3.05) is 18.0 Å². The van der Waals surface area contributed by atoms with Crippen molar-refractivity contribution in [3.8, 4) is 0 Å². The molecule has 1 aliphatic heterocycles. The summed E-state index contributed by atoms with van der Waals surface area (Å²) in [6.45, 7) is -3.13. The quantitative estimate of drug-likeness (QED) is 0.612. The molecule has 0 saturated carbocycles. The third-order valence-electron chi connectivity index (χ3n) is 2.58. The van der Waals surface area contributed by atoms with Gasteiger partial charge in [-0.25, -0.2) is 4.98 Å². The van der Waals surface area contributed by atoms with Gasteiger partial charge in [0, 0.05) is 19.3 Å². The maximum Gasteiger partial charge on any atom is 1.00 e. The van der Waals surface area contributed by atoms with Gasteiger partial charge in [-0.05, 0) is 18.9 Å². The van der Waals surface area contributed by atoms with Crippen LogP contribution in [0, 0.1) is 0 Å². The molecule has 0 aliphatic carbocycles. The van der Waals surface area contributed by atoms with Crippen LogP contribution < -0.4 is 61.7 Å². The van der Waals surface area contributed by atoms with Crippen LogP contribution in [0.3, 0.4) is 0 Å². The van der Waals surface area contributed by atoms with Crippen molar-refractivity contribution in [3.05, 3.63) is 18.3 Å². The van der Waals surface area contributed by atoms with Gasteiger partial charge in [-0.2, -0.15) is 0 Å². The Morgan fingerprint density at radius 1 is 1.12 bits per heavy atom. The van der Waals surface area contributed by atoms with E-state index < -0.39 is 12.4 Å². The number of pyridine rings is 1. The summed E-state index contributed by atoms with van der Waals surface area (Å²) in [7, 11) is 0. The molecule has 0 aromatic carbocycles. The second-order valence-electron chi connectivity index (χ2n) is 3.72. The van der Waals surface area contributed by atoms with Crippen LogP contribution in [-0.4, -0.2) is 25.1 Å². The molecule has 0 amide bonds. The molecular weight excluding hydrogens is 243 g/mol. The zero-order valence-corrected chi connectivity index (χ0v) is 12.3.